The number of anilines is 2. The lowest BCUT2D eigenvalue weighted by atomic mass is 10.1. The van der Waals surface area contributed by atoms with Crippen LogP contribution >= 0.6 is 15.9 Å². The van der Waals surface area contributed by atoms with E-state index >= 15 is 0 Å². The van der Waals surface area contributed by atoms with Crippen LogP contribution in [0.15, 0.2) is 77.3 Å². The predicted molar refractivity (Wildman–Crippen MR) is 111 cm³/mol. The summed E-state index contributed by atoms with van der Waals surface area (Å²) < 4.78 is 0.848. The summed E-state index contributed by atoms with van der Waals surface area (Å²) in [4.78, 5) is 23.9. The SMILES string of the molecule is NC(=O)c1ccccc1NCc1cccc(NC(=O)c2cccc(Br)c2)c1. The molecular weight excluding hydrogens is 406 g/mol. The van der Waals surface area contributed by atoms with E-state index in [1.54, 1.807) is 30.3 Å². The summed E-state index contributed by atoms with van der Waals surface area (Å²) in [6.45, 7) is 0.491. The molecule has 0 aliphatic heterocycles. The van der Waals surface area contributed by atoms with Crippen molar-refractivity contribution in [2.75, 3.05) is 10.6 Å². The molecule has 0 saturated heterocycles. The maximum absolute atomic E-state index is 12.4. The number of nitrogens with two attached hydrogens (primary N) is 1. The summed E-state index contributed by atoms with van der Waals surface area (Å²) in [5, 5.41) is 6.10. The maximum atomic E-state index is 12.4. The summed E-state index contributed by atoms with van der Waals surface area (Å²) in [7, 11) is 0. The van der Waals surface area contributed by atoms with Crippen LogP contribution in [-0.4, -0.2) is 11.8 Å². The van der Waals surface area contributed by atoms with Gasteiger partial charge in [0, 0.05) is 28.0 Å². The fourth-order valence-corrected chi connectivity index (χ4v) is 3.04. The van der Waals surface area contributed by atoms with Crippen LogP contribution in [0.4, 0.5) is 11.4 Å². The van der Waals surface area contributed by atoms with Gasteiger partial charge in [0.1, 0.15) is 0 Å². The van der Waals surface area contributed by atoms with Crippen LogP contribution in [0.1, 0.15) is 26.3 Å². The van der Waals surface area contributed by atoms with Crippen LogP contribution in [-0.2, 0) is 6.54 Å². The first-order valence-electron chi connectivity index (χ1n) is 8.31. The Morgan fingerprint density at radius 3 is 2.48 bits per heavy atom. The smallest absolute Gasteiger partial charge is 0.255 e. The third kappa shape index (κ3) is 4.95. The molecule has 136 valence electrons. The highest BCUT2D eigenvalue weighted by Gasteiger charge is 2.08. The molecule has 4 N–H and O–H groups in total. The van der Waals surface area contributed by atoms with Crippen molar-refractivity contribution in [3.8, 4) is 0 Å². The van der Waals surface area contributed by atoms with E-state index in [0.717, 1.165) is 10.0 Å². The number of carbonyl (C=O) groups is 2. The van der Waals surface area contributed by atoms with Crippen molar-refractivity contribution in [2.45, 2.75) is 6.54 Å². The first-order valence-corrected chi connectivity index (χ1v) is 9.11. The van der Waals surface area contributed by atoms with E-state index in [0.29, 0.717) is 29.0 Å². The molecule has 0 bridgehead atoms. The number of carbonyl (C=O) groups excluding carboxylic acids is 2. The lowest BCUT2D eigenvalue weighted by Crippen LogP contribution is -2.14. The second-order valence-corrected chi connectivity index (χ2v) is 6.84. The van der Waals surface area contributed by atoms with Gasteiger partial charge in [-0.3, -0.25) is 9.59 Å². The van der Waals surface area contributed by atoms with Gasteiger partial charge in [-0.05, 0) is 48.0 Å². The van der Waals surface area contributed by atoms with Gasteiger partial charge in [0.2, 0.25) is 0 Å². The number of rotatable bonds is 6. The van der Waals surface area contributed by atoms with E-state index < -0.39 is 5.91 Å². The molecule has 0 radical (unpaired) electrons. The third-order valence-electron chi connectivity index (χ3n) is 3.95. The van der Waals surface area contributed by atoms with Crippen LogP contribution in [0.2, 0.25) is 0 Å². The summed E-state index contributed by atoms with van der Waals surface area (Å²) in [5.41, 5.74) is 8.74. The molecule has 0 aliphatic carbocycles. The molecule has 3 rings (SSSR count). The van der Waals surface area contributed by atoms with Gasteiger partial charge < -0.3 is 16.4 Å². The quantitative estimate of drug-likeness (QED) is 0.548. The van der Waals surface area contributed by atoms with Gasteiger partial charge >= 0.3 is 0 Å². The molecule has 0 saturated carbocycles. The number of hydrogen-bond acceptors (Lipinski definition) is 3. The van der Waals surface area contributed by atoms with Crippen LogP contribution in [0.5, 0.6) is 0 Å². The Labute approximate surface area is 165 Å². The molecular formula is C21H18BrN3O2. The number of nitrogens with one attached hydrogen (secondary N) is 2. The second-order valence-electron chi connectivity index (χ2n) is 5.93. The Morgan fingerprint density at radius 1 is 0.926 bits per heavy atom. The minimum atomic E-state index is -0.479. The number of benzene rings is 3. The topological polar surface area (TPSA) is 84.2 Å². The van der Waals surface area contributed by atoms with Gasteiger partial charge in [-0.1, -0.05) is 46.3 Å². The average molecular weight is 424 g/mol. The van der Waals surface area contributed by atoms with Crippen LogP contribution in [0.25, 0.3) is 0 Å². The van der Waals surface area contributed by atoms with Crippen molar-refractivity contribution in [2.24, 2.45) is 5.73 Å². The average Bonchev–Trinajstić information content (AvgIpc) is 2.67. The minimum Gasteiger partial charge on any atom is -0.380 e. The molecule has 0 aromatic heterocycles. The van der Waals surface area contributed by atoms with E-state index in [4.69, 9.17) is 5.73 Å². The fourth-order valence-electron chi connectivity index (χ4n) is 2.64. The third-order valence-corrected chi connectivity index (χ3v) is 4.44. The Kier molecular flexibility index (Phi) is 5.88. The Morgan fingerprint density at radius 2 is 1.70 bits per heavy atom. The summed E-state index contributed by atoms with van der Waals surface area (Å²) >= 11 is 3.36. The molecule has 0 unspecified atom stereocenters. The maximum Gasteiger partial charge on any atom is 0.255 e. The number of primary amides is 1. The zero-order valence-corrected chi connectivity index (χ0v) is 16.0. The number of hydrogen-bond donors (Lipinski definition) is 3. The van der Waals surface area contributed by atoms with Gasteiger partial charge in [-0.2, -0.15) is 0 Å². The second kappa shape index (κ2) is 8.51. The number of amides is 2. The Balaban J connectivity index is 1.69. The largest absolute Gasteiger partial charge is 0.380 e. The van der Waals surface area contributed by atoms with E-state index in [1.165, 1.54) is 0 Å². The molecule has 0 spiro atoms. The molecule has 27 heavy (non-hydrogen) atoms. The monoisotopic (exact) mass is 423 g/mol. The van der Waals surface area contributed by atoms with Gasteiger partial charge in [0.25, 0.3) is 11.8 Å². The molecule has 2 amide bonds. The van der Waals surface area contributed by atoms with Crippen LogP contribution in [0.3, 0.4) is 0 Å². The zero-order chi connectivity index (χ0) is 19.2. The van der Waals surface area contributed by atoms with Crippen LogP contribution < -0.4 is 16.4 Å². The van der Waals surface area contributed by atoms with Crippen LogP contribution in [0, 0.1) is 0 Å². The van der Waals surface area contributed by atoms with Crippen molar-refractivity contribution in [3.63, 3.8) is 0 Å². The van der Waals surface area contributed by atoms with Crippen molar-refractivity contribution >= 4 is 39.1 Å². The molecule has 3 aromatic carbocycles. The fraction of sp³-hybridized carbons (Fsp3) is 0.0476. The zero-order valence-electron chi connectivity index (χ0n) is 14.4. The minimum absolute atomic E-state index is 0.180. The molecule has 0 atom stereocenters. The molecule has 0 heterocycles. The Hall–Kier alpha value is -3.12. The van der Waals surface area contributed by atoms with Crippen molar-refractivity contribution in [3.05, 3.63) is 94.0 Å². The molecule has 5 nitrogen and oxygen atoms in total. The normalized spacial score (nSPS) is 10.3. The summed E-state index contributed by atoms with van der Waals surface area (Å²) in [6, 6.07) is 21.8. The highest BCUT2D eigenvalue weighted by Crippen LogP contribution is 2.18. The van der Waals surface area contributed by atoms with E-state index in [-0.39, 0.29) is 5.91 Å². The number of para-hydroxylation sites is 1. The van der Waals surface area contributed by atoms with E-state index in [2.05, 4.69) is 26.6 Å². The van der Waals surface area contributed by atoms with Crippen molar-refractivity contribution in [1.29, 1.82) is 0 Å². The van der Waals surface area contributed by atoms with Crippen molar-refractivity contribution < 1.29 is 9.59 Å². The lowest BCUT2D eigenvalue weighted by molar-refractivity contribution is 0.0998. The first-order chi connectivity index (χ1) is 13.0. The standard InChI is InChI=1S/C21H18BrN3O2/c22-16-7-4-6-15(12-16)21(27)25-17-8-3-5-14(11-17)13-24-19-10-2-1-9-18(19)20(23)26/h1-12,24H,13H2,(H2,23,26)(H,25,27). The van der Waals surface area contributed by atoms with Gasteiger partial charge in [0.05, 0.1) is 5.56 Å². The van der Waals surface area contributed by atoms with E-state index in [9.17, 15) is 9.59 Å². The highest BCUT2D eigenvalue weighted by molar-refractivity contribution is 9.10. The van der Waals surface area contributed by atoms with Gasteiger partial charge in [-0.25, -0.2) is 0 Å². The van der Waals surface area contributed by atoms with Crippen molar-refractivity contribution in [1.82, 2.24) is 0 Å². The lowest BCUT2D eigenvalue weighted by Gasteiger charge is -2.11. The molecule has 3 aromatic rings. The van der Waals surface area contributed by atoms with E-state index in [1.807, 2.05) is 42.5 Å². The molecule has 6 heteroatoms. The Bertz CT molecular complexity index is 988. The molecule has 0 fully saturated rings. The molecule has 0 aliphatic rings. The predicted octanol–water partition coefficient (Wildman–Crippen LogP) is 4.41. The highest BCUT2D eigenvalue weighted by atomic mass is 79.9. The number of halogens is 1. The summed E-state index contributed by atoms with van der Waals surface area (Å²) in [6.07, 6.45) is 0. The van der Waals surface area contributed by atoms with Gasteiger partial charge in [0.15, 0.2) is 0 Å². The first kappa shape index (κ1) is 18.7. The summed E-state index contributed by atoms with van der Waals surface area (Å²) in [5.74, 6) is -0.659. The van der Waals surface area contributed by atoms with Gasteiger partial charge in [-0.15, -0.1) is 0 Å².